The molecule has 0 spiro atoms. The third-order valence-corrected chi connectivity index (χ3v) is 16.8. The van der Waals surface area contributed by atoms with Crippen molar-refractivity contribution in [2.24, 2.45) is 0 Å². The van der Waals surface area contributed by atoms with E-state index in [0.29, 0.717) is 23.9 Å². The van der Waals surface area contributed by atoms with E-state index in [1.807, 2.05) is 21.1 Å². The van der Waals surface area contributed by atoms with Crippen LogP contribution in [0.3, 0.4) is 0 Å². The highest BCUT2D eigenvalue weighted by atomic mass is 31.2. The van der Waals surface area contributed by atoms with Gasteiger partial charge in [0.1, 0.15) is 13.2 Å². The Kier molecular flexibility index (Phi) is 56.8. The Bertz CT molecular complexity index is 1170. The molecular weight excluding hydrogens is 936 g/mol. The maximum Gasteiger partial charge on any atom is 0.268 e. The number of carbonyl (C=O) groups is 1. The molecule has 0 saturated carbocycles. The summed E-state index contributed by atoms with van der Waals surface area (Å²) in [5.74, 6) is -0.154. The minimum Gasteiger partial charge on any atom is -0.756 e. The Morgan fingerprint density at radius 3 is 0.919 bits per heavy atom. The standard InChI is InChI=1S/C65H133N2O6P/c1-6-8-10-12-14-16-18-20-22-24-26-28-30-32-33-35-37-39-41-43-45-47-49-51-53-55-57-59-65(69)66-63(62-73-74(70,71)72-61-60-67(3,4)5)64(68)58-56-54-52-50-48-46-44-42-40-38-36-34-31-29-27-25-23-21-19-17-15-13-11-9-7-2/h63-64,68H,6-62H2,1-5H3,(H-,66,69,70,71). The minimum absolute atomic E-state index is 0.0169. The Hall–Kier alpha value is -0.500. The molecule has 0 aliphatic rings. The van der Waals surface area contributed by atoms with Crippen molar-refractivity contribution >= 4 is 13.7 Å². The molecule has 0 radical (unpaired) electrons. The van der Waals surface area contributed by atoms with E-state index in [4.69, 9.17) is 9.05 Å². The monoisotopic (exact) mass is 1070 g/mol. The van der Waals surface area contributed by atoms with Crippen LogP contribution < -0.4 is 10.2 Å². The lowest BCUT2D eigenvalue weighted by molar-refractivity contribution is -0.870. The highest BCUT2D eigenvalue weighted by Gasteiger charge is 2.24. The van der Waals surface area contributed by atoms with Gasteiger partial charge in [0.2, 0.25) is 5.91 Å². The molecule has 74 heavy (non-hydrogen) atoms. The van der Waals surface area contributed by atoms with E-state index in [2.05, 4.69) is 19.2 Å². The highest BCUT2D eigenvalue weighted by molar-refractivity contribution is 7.45. The number of nitrogens with one attached hydrogen (secondary N) is 1. The maximum absolute atomic E-state index is 13.0. The summed E-state index contributed by atoms with van der Waals surface area (Å²) in [6.45, 7) is 4.80. The molecule has 0 fully saturated rings. The van der Waals surface area contributed by atoms with Crippen LogP contribution in [-0.4, -0.2) is 68.5 Å². The number of amides is 1. The summed E-state index contributed by atoms with van der Waals surface area (Å²) in [6, 6.07) is -0.796. The van der Waals surface area contributed by atoms with Gasteiger partial charge in [-0.25, -0.2) is 0 Å². The van der Waals surface area contributed by atoms with Gasteiger partial charge in [-0.2, -0.15) is 0 Å². The van der Waals surface area contributed by atoms with Crippen LogP contribution >= 0.6 is 7.82 Å². The number of aliphatic hydroxyl groups excluding tert-OH is 1. The lowest BCUT2D eigenvalue weighted by atomic mass is 10.0. The van der Waals surface area contributed by atoms with Crippen LogP contribution in [0.2, 0.25) is 0 Å². The van der Waals surface area contributed by atoms with E-state index in [9.17, 15) is 19.4 Å². The van der Waals surface area contributed by atoms with Crippen LogP contribution in [0.25, 0.3) is 0 Å². The van der Waals surface area contributed by atoms with E-state index in [-0.39, 0.29) is 19.1 Å². The number of likely N-dealkylation sites (N-methyl/N-ethyl adjacent to an activating group) is 1. The third kappa shape index (κ3) is 59.2. The number of hydrogen-bond acceptors (Lipinski definition) is 6. The zero-order chi connectivity index (χ0) is 54.2. The van der Waals surface area contributed by atoms with Crippen LogP contribution in [0.1, 0.15) is 361 Å². The zero-order valence-corrected chi connectivity index (χ0v) is 51.7. The number of phosphoric ester groups is 1. The molecule has 0 saturated heterocycles. The first-order valence-corrected chi connectivity index (χ1v) is 34.8. The molecule has 0 aliphatic carbocycles. The smallest absolute Gasteiger partial charge is 0.268 e. The second kappa shape index (κ2) is 57.2. The predicted molar refractivity (Wildman–Crippen MR) is 321 cm³/mol. The van der Waals surface area contributed by atoms with E-state index in [0.717, 1.165) is 38.5 Å². The SMILES string of the molecule is CCCCCCCCCCCCCCCCCCCCCCCCCCCCCC(=O)NC(COP(=O)([O-])OCC[N+](C)(C)C)C(O)CCCCCCCCCCCCCCCCCCCCCCCCCCC. The molecule has 0 aromatic carbocycles. The highest BCUT2D eigenvalue weighted by Crippen LogP contribution is 2.38. The molecule has 3 unspecified atom stereocenters. The summed E-state index contributed by atoms with van der Waals surface area (Å²) in [5, 5.41) is 14.1. The van der Waals surface area contributed by atoms with E-state index >= 15 is 0 Å². The summed E-state index contributed by atoms with van der Waals surface area (Å²) >= 11 is 0. The van der Waals surface area contributed by atoms with Gasteiger partial charge < -0.3 is 28.8 Å². The predicted octanol–water partition coefficient (Wildman–Crippen LogP) is 20.1. The normalized spacial score (nSPS) is 13.7. The fourth-order valence-electron chi connectivity index (χ4n) is 10.6. The number of rotatable bonds is 63. The number of unbranched alkanes of at least 4 members (excludes halogenated alkanes) is 50. The molecule has 0 aliphatic heterocycles. The number of nitrogens with zero attached hydrogens (tertiary/aromatic N) is 1. The second-order valence-electron chi connectivity index (χ2n) is 24.5. The van der Waals surface area contributed by atoms with Crippen LogP contribution in [0.4, 0.5) is 0 Å². The van der Waals surface area contributed by atoms with Crippen molar-refractivity contribution in [2.45, 2.75) is 373 Å². The zero-order valence-electron chi connectivity index (χ0n) is 50.8. The van der Waals surface area contributed by atoms with Gasteiger partial charge in [0.15, 0.2) is 0 Å². The summed E-state index contributed by atoms with van der Waals surface area (Å²) < 4.78 is 23.5. The Balaban J connectivity index is 4.02. The first kappa shape index (κ1) is 73.5. The fraction of sp³-hybridized carbons (Fsp3) is 0.985. The third-order valence-electron chi connectivity index (χ3n) is 15.8. The maximum atomic E-state index is 13.0. The average Bonchev–Trinajstić information content (AvgIpc) is 3.36. The molecule has 0 bridgehead atoms. The summed E-state index contributed by atoms with van der Waals surface area (Å²) in [6.07, 6.45) is 70.2. The van der Waals surface area contributed by atoms with E-state index in [1.165, 1.54) is 295 Å². The lowest BCUT2D eigenvalue weighted by Crippen LogP contribution is -2.46. The number of quaternary nitrogens is 1. The van der Waals surface area contributed by atoms with Gasteiger partial charge in [-0.05, 0) is 12.8 Å². The van der Waals surface area contributed by atoms with E-state index in [1.54, 1.807) is 0 Å². The fourth-order valence-corrected chi connectivity index (χ4v) is 11.4. The van der Waals surface area contributed by atoms with Gasteiger partial charge in [0, 0.05) is 6.42 Å². The Labute approximate surface area is 463 Å². The van der Waals surface area contributed by atoms with E-state index < -0.39 is 20.0 Å². The largest absolute Gasteiger partial charge is 0.756 e. The molecule has 0 rings (SSSR count). The molecule has 9 heteroatoms. The van der Waals surface area contributed by atoms with Crippen LogP contribution in [0, 0.1) is 0 Å². The quantitative estimate of drug-likeness (QED) is 0.0357. The number of hydrogen-bond donors (Lipinski definition) is 2. The van der Waals surface area contributed by atoms with Crippen molar-refractivity contribution in [1.82, 2.24) is 5.32 Å². The van der Waals surface area contributed by atoms with Gasteiger partial charge in [-0.15, -0.1) is 0 Å². The first-order chi connectivity index (χ1) is 36.0. The Morgan fingerprint density at radius 2 is 0.662 bits per heavy atom. The molecule has 3 atom stereocenters. The topological polar surface area (TPSA) is 108 Å². The van der Waals surface area contributed by atoms with Crippen molar-refractivity contribution in [3.8, 4) is 0 Å². The van der Waals surface area contributed by atoms with Gasteiger partial charge in [0.05, 0.1) is 39.9 Å². The molecule has 1 amide bonds. The minimum atomic E-state index is -4.57. The van der Waals surface area contributed by atoms with Crippen LogP contribution in [-0.2, 0) is 18.4 Å². The van der Waals surface area contributed by atoms with Crippen molar-refractivity contribution in [3.63, 3.8) is 0 Å². The first-order valence-electron chi connectivity index (χ1n) is 33.4. The second-order valence-corrected chi connectivity index (χ2v) is 26.0. The molecule has 0 aromatic heterocycles. The van der Waals surface area contributed by atoms with Gasteiger partial charge in [-0.1, -0.05) is 341 Å². The van der Waals surface area contributed by atoms with Crippen molar-refractivity contribution < 1.29 is 32.9 Å². The van der Waals surface area contributed by atoms with Crippen LogP contribution in [0.5, 0.6) is 0 Å². The van der Waals surface area contributed by atoms with Crippen molar-refractivity contribution in [2.75, 3.05) is 40.9 Å². The van der Waals surface area contributed by atoms with Gasteiger partial charge in [0.25, 0.3) is 7.82 Å². The lowest BCUT2D eigenvalue weighted by Gasteiger charge is -2.30. The molecule has 444 valence electrons. The molecular formula is C65H133N2O6P. The summed E-state index contributed by atoms with van der Waals surface area (Å²) in [4.78, 5) is 25.6. The molecule has 0 heterocycles. The number of aliphatic hydroxyl groups is 1. The Morgan fingerprint density at radius 1 is 0.419 bits per heavy atom. The number of carbonyl (C=O) groups excluding carboxylic acids is 1. The van der Waals surface area contributed by atoms with Crippen molar-refractivity contribution in [3.05, 3.63) is 0 Å². The number of phosphoric acid groups is 1. The molecule has 0 aromatic rings. The van der Waals surface area contributed by atoms with Gasteiger partial charge in [-0.3, -0.25) is 9.36 Å². The van der Waals surface area contributed by atoms with Crippen LogP contribution in [0.15, 0.2) is 0 Å². The average molecular weight is 1070 g/mol. The molecule has 8 nitrogen and oxygen atoms in total. The summed E-state index contributed by atoms with van der Waals surface area (Å²) in [5.41, 5.74) is 0. The molecule has 2 N–H and O–H groups in total. The van der Waals surface area contributed by atoms with Gasteiger partial charge >= 0.3 is 0 Å². The summed E-state index contributed by atoms with van der Waals surface area (Å²) in [7, 11) is 1.33. The van der Waals surface area contributed by atoms with Crippen molar-refractivity contribution in [1.29, 1.82) is 0 Å².